The molecule has 0 bridgehead atoms. The van der Waals surface area contributed by atoms with Crippen molar-refractivity contribution >= 4 is 23.2 Å². The van der Waals surface area contributed by atoms with E-state index in [-0.39, 0.29) is 5.91 Å². The maximum atomic E-state index is 12.1. The van der Waals surface area contributed by atoms with E-state index < -0.39 is 5.38 Å². The minimum Gasteiger partial charge on any atom is -0.497 e. The van der Waals surface area contributed by atoms with Crippen LogP contribution in [0.25, 0.3) is 0 Å². The van der Waals surface area contributed by atoms with Crippen LogP contribution in [0.5, 0.6) is 11.5 Å². The molecule has 2 aromatic rings. The Hall–Kier alpha value is -2.20. The van der Waals surface area contributed by atoms with Crippen LogP contribution in [-0.2, 0) is 4.79 Å². The summed E-state index contributed by atoms with van der Waals surface area (Å²) >= 11 is 6.18. The van der Waals surface area contributed by atoms with Crippen molar-refractivity contribution in [2.75, 3.05) is 19.5 Å². The summed E-state index contributed by atoms with van der Waals surface area (Å²) in [5.41, 5.74) is 1.38. The highest BCUT2D eigenvalue weighted by molar-refractivity contribution is 6.32. The first kappa shape index (κ1) is 15.2. The molecule has 1 unspecified atom stereocenters. The quantitative estimate of drug-likeness (QED) is 0.858. The van der Waals surface area contributed by atoms with Crippen molar-refractivity contribution < 1.29 is 14.3 Å². The van der Waals surface area contributed by atoms with E-state index in [2.05, 4.69) is 5.32 Å². The summed E-state index contributed by atoms with van der Waals surface area (Å²) in [5, 5.41) is 2.00. The Morgan fingerprint density at radius 2 is 1.43 bits per heavy atom. The van der Waals surface area contributed by atoms with Crippen LogP contribution in [-0.4, -0.2) is 20.1 Å². The number of methoxy groups -OCH3 is 2. The number of halogens is 1. The second kappa shape index (κ2) is 6.99. The van der Waals surface area contributed by atoms with Gasteiger partial charge < -0.3 is 14.8 Å². The smallest absolute Gasteiger partial charge is 0.246 e. The zero-order chi connectivity index (χ0) is 15.2. The predicted molar refractivity (Wildman–Crippen MR) is 83.2 cm³/mol. The van der Waals surface area contributed by atoms with Crippen molar-refractivity contribution in [2.24, 2.45) is 0 Å². The van der Waals surface area contributed by atoms with Crippen molar-refractivity contribution in [2.45, 2.75) is 5.38 Å². The molecule has 1 N–H and O–H groups in total. The Morgan fingerprint density at radius 1 is 0.952 bits per heavy atom. The average molecular weight is 306 g/mol. The Balaban J connectivity index is 2.03. The second-order valence-electron chi connectivity index (χ2n) is 4.35. The number of benzene rings is 2. The topological polar surface area (TPSA) is 47.6 Å². The number of carbonyl (C=O) groups excluding carboxylic acids is 1. The lowest BCUT2D eigenvalue weighted by atomic mass is 10.1. The number of hydrogen-bond donors (Lipinski definition) is 1. The number of nitrogens with one attached hydrogen (secondary N) is 1. The van der Waals surface area contributed by atoms with Gasteiger partial charge in [0.25, 0.3) is 0 Å². The molecule has 1 atom stereocenters. The highest BCUT2D eigenvalue weighted by atomic mass is 35.5. The van der Waals surface area contributed by atoms with E-state index in [1.54, 1.807) is 62.8 Å². The number of carbonyl (C=O) groups is 1. The first-order valence-corrected chi connectivity index (χ1v) is 6.80. The minimum atomic E-state index is -0.766. The summed E-state index contributed by atoms with van der Waals surface area (Å²) < 4.78 is 10.1. The molecule has 0 aliphatic carbocycles. The highest BCUT2D eigenvalue weighted by Gasteiger charge is 2.17. The number of anilines is 1. The first-order chi connectivity index (χ1) is 10.1. The molecular weight excluding hydrogens is 290 g/mol. The van der Waals surface area contributed by atoms with Crippen molar-refractivity contribution in [3.05, 3.63) is 54.1 Å². The summed E-state index contributed by atoms with van der Waals surface area (Å²) in [6.07, 6.45) is 0. The molecule has 5 heteroatoms. The average Bonchev–Trinajstić information content (AvgIpc) is 2.55. The molecule has 0 saturated carbocycles. The summed E-state index contributed by atoms with van der Waals surface area (Å²) in [4.78, 5) is 12.1. The third-order valence-electron chi connectivity index (χ3n) is 3.00. The van der Waals surface area contributed by atoms with E-state index in [1.165, 1.54) is 0 Å². The molecule has 0 aromatic heterocycles. The first-order valence-electron chi connectivity index (χ1n) is 6.37. The van der Waals surface area contributed by atoms with Gasteiger partial charge in [-0.2, -0.15) is 0 Å². The number of alkyl halides is 1. The molecule has 0 aliphatic heterocycles. The molecule has 0 saturated heterocycles. The van der Waals surface area contributed by atoms with Crippen LogP contribution in [0.4, 0.5) is 5.69 Å². The lowest BCUT2D eigenvalue weighted by Gasteiger charge is -2.12. The molecule has 21 heavy (non-hydrogen) atoms. The van der Waals surface area contributed by atoms with Gasteiger partial charge >= 0.3 is 0 Å². The highest BCUT2D eigenvalue weighted by Crippen LogP contribution is 2.25. The summed E-state index contributed by atoms with van der Waals surface area (Å²) in [5.74, 6) is 1.16. The third kappa shape index (κ3) is 3.89. The zero-order valence-electron chi connectivity index (χ0n) is 11.8. The molecule has 0 heterocycles. The molecule has 110 valence electrons. The van der Waals surface area contributed by atoms with Gasteiger partial charge in [0.05, 0.1) is 14.2 Å². The van der Waals surface area contributed by atoms with Crippen LogP contribution < -0.4 is 14.8 Å². The SMILES string of the molecule is COc1ccc(NC(=O)C(Cl)c2ccc(OC)cc2)cc1. The summed E-state index contributed by atoms with van der Waals surface area (Å²) in [6.45, 7) is 0. The van der Waals surface area contributed by atoms with Gasteiger partial charge in [-0.1, -0.05) is 12.1 Å². The van der Waals surface area contributed by atoms with Gasteiger partial charge in [0.2, 0.25) is 5.91 Å². The predicted octanol–water partition coefficient (Wildman–Crippen LogP) is 3.62. The lowest BCUT2D eigenvalue weighted by Crippen LogP contribution is -2.17. The molecule has 2 rings (SSSR count). The zero-order valence-corrected chi connectivity index (χ0v) is 12.6. The number of rotatable bonds is 5. The Bertz CT molecular complexity index is 596. The summed E-state index contributed by atoms with van der Waals surface area (Å²) in [7, 11) is 3.18. The molecule has 2 aromatic carbocycles. The van der Waals surface area contributed by atoms with Gasteiger partial charge in [-0.25, -0.2) is 0 Å². The third-order valence-corrected chi connectivity index (χ3v) is 3.45. The Kier molecular flexibility index (Phi) is 5.06. The molecule has 0 radical (unpaired) electrons. The van der Waals surface area contributed by atoms with E-state index in [1.807, 2.05) is 0 Å². The van der Waals surface area contributed by atoms with Gasteiger partial charge in [-0.15, -0.1) is 11.6 Å². The van der Waals surface area contributed by atoms with E-state index >= 15 is 0 Å². The minimum absolute atomic E-state index is 0.285. The molecular formula is C16H16ClNO3. The molecule has 1 amide bonds. The Morgan fingerprint density at radius 3 is 1.90 bits per heavy atom. The van der Waals surface area contributed by atoms with Crippen LogP contribution in [0.1, 0.15) is 10.9 Å². The molecule has 4 nitrogen and oxygen atoms in total. The van der Waals surface area contributed by atoms with Gasteiger partial charge in [-0.3, -0.25) is 4.79 Å². The number of ether oxygens (including phenoxy) is 2. The van der Waals surface area contributed by atoms with Gasteiger partial charge in [-0.05, 0) is 42.0 Å². The van der Waals surface area contributed by atoms with E-state index in [4.69, 9.17) is 21.1 Å². The monoisotopic (exact) mass is 305 g/mol. The number of amides is 1. The van der Waals surface area contributed by atoms with Crippen molar-refractivity contribution in [1.82, 2.24) is 0 Å². The Labute approximate surface area is 128 Å². The molecule has 0 fully saturated rings. The largest absolute Gasteiger partial charge is 0.497 e. The van der Waals surface area contributed by atoms with E-state index in [0.717, 1.165) is 11.5 Å². The van der Waals surface area contributed by atoms with E-state index in [0.29, 0.717) is 11.3 Å². The second-order valence-corrected chi connectivity index (χ2v) is 4.79. The van der Waals surface area contributed by atoms with Crippen molar-refractivity contribution in [1.29, 1.82) is 0 Å². The van der Waals surface area contributed by atoms with Crippen LogP contribution in [0.2, 0.25) is 0 Å². The van der Waals surface area contributed by atoms with Gasteiger partial charge in [0.1, 0.15) is 16.9 Å². The standard InChI is InChI=1S/C16H16ClNO3/c1-20-13-7-3-11(4-8-13)15(17)16(19)18-12-5-9-14(21-2)10-6-12/h3-10,15H,1-2H3,(H,18,19). The van der Waals surface area contributed by atoms with Crippen molar-refractivity contribution in [3.63, 3.8) is 0 Å². The lowest BCUT2D eigenvalue weighted by molar-refractivity contribution is -0.116. The van der Waals surface area contributed by atoms with Crippen LogP contribution >= 0.6 is 11.6 Å². The summed E-state index contributed by atoms with van der Waals surface area (Å²) in [6, 6.07) is 14.1. The van der Waals surface area contributed by atoms with Gasteiger partial charge in [0, 0.05) is 5.69 Å². The van der Waals surface area contributed by atoms with Crippen LogP contribution in [0.3, 0.4) is 0 Å². The fourth-order valence-corrected chi connectivity index (χ4v) is 2.00. The normalized spacial score (nSPS) is 11.6. The fraction of sp³-hybridized carbons (Fsp3) is 0.188. The maximum Gasteiger partial charge on any atom is 0.246 e. The van der Waals surface area contributed by atoms with Gasteiger partial charge in [0.15, 0.2) is 0 Å². The van der Waals surface area contributed by atoms with Crippen LogP contribution in [0, 0.1) is 0 Å². The van der Waals surface area contributed by atoms with E-state index in [9.17, 15) is 4.79 Å². The number of hydrogen-bond acceptors (Lipinski definition) is 3. The maximum absolute atomic E-state index is 12.1. The van der Waals surface area contributed by atoms with Crippen molar-refractivity contribution in [3.8, 4) is 11.5 Å². The fourth-order valence-electron chi connectivity index (χ4n) is 1.80. The molecule has 0 spiro atoms. The van der Waals surface area contributed by atoms with Crippen LogP contribution in [0.15, 0.2) is 48.5 Å². The molecule has 0 aliphatic rings.